The molecule has 140 valence electrons. The zero-order valence-electron chi connectivity index (χ0n) is 15.3. The fourth-order valence-electron chi connectivity index (χ4n) is 3.38. The van der Waals surface area contributed by atoms with Crippen LogP contribution in [0.3, 0.4) is 0 Å². The van der Waals surface area contributed by atoms with E-state index in [1.807, 2.05) is 43.5 Å². The van der Waals surface area contributed by atoms with E-state index in [2.05, 4.69) is 31.3 Å². The number of nitrogens with zero attached hydrogens (tertiary/aromatic N) is 3. The maximum absolute atomic E-state index is 11.0. The molecule has 0 aliphatic heterocycles. The number of nitrogens with one attached hydrogen (secondary N) is 3. The number of rotatable bonds is 4. The van der Waals surface area contributed by atoms with E-state index in [0.29, 0.717) is 29.1 Å². The SMILES string of the molecule is Cc1[nH]c(C=O)nc1-c1cc2c(Nc3ccc4[nH]ccc4c3)c(C#N)cnc2s1. The van der Waals surface area contributed by atoms with Crippen LogP contribution in [0.15, 0.2) is 42.7 Å². The van der Waals surface area contributed by atoms with E-state index in [0.717, 1.165) is 37.4 Å². The molecular formula is C21H14N6OS. The van der Waals surface area contributed by atoms with Crippen LogP contribution in [0, 0.1) is 18.3 Å². The number of hydrogen-bond donors (Lipinski definition) is 3. The largest absolute Gasteiger partial charge is 0.361 e. The van der Waals surface area contributed by atoms with E-state index >= 15 is 0 Å². The number of benzene rings is 1. The number of aldehydes is 1. The van der Waals surface area contributed by atoms with Gasteiger partial charge in [0.25, 0.3) is 0 Å². The van der Waals surface area contributed by atoms with Gasteiger partial charge >= 0.3 is 0 Å². The summed E-state index contributed by atoms with van der Waals surface area (Å²) in [6, 6.07) is 12.2. The average molecular weight is 398 g/mol. The number of carbonyl (C=O) groups is 1. The van der Waals surface area contributed by atoms with E-state index < -0.39 is 0 Å². The Kier molecular flexibility index (Phi) is 3.89. The monoisotopic (exact) mass is 398 g/mol. The quantitative estimate of drug-likeness (QED) is 0.373. The van der Waals surface area contributed by atoms with Gasteiger partial charge in [-0.3, -0.25) is 4.79 Å². The van der Waals surface area contributed by atoms with Crippen molar-refractivity contribution < 1.29 is 4.79 Å². The van der Waals surface area contributed by atoms with Gasteiger partial charge in [-0.15, -0.1) is 11.3 Å². The van der Waals surface area contributed by atoms with Gasteiger partial charge in [0.2, 0.25) is 0 Å². The molecule has 3 N–H and O–H groups in total. The topological polar surface area (TPSA) is 110 Å². The maximum Gasteiger partial charge on any atom is 0.185 e. The molecule has 0 saturated heterocycles. The van der Waals surface area contributed by atoms with Crippen molar-refractivity contribution in [2.45, 2.75) is 6.92 Å². The number of thiophene rings is 1. The molecule has 0 atom stereocenters. The van der Waals surface area contributed by atoms with Gasteiger partial charge in [-0.05, 0) is 37.3 Å². The number of aromatic amines is 2. The van der Waals surface area contributed by atoms with E-state index in [-0.39, 0.29) is 0 Å². The third-order valence-corrected chi connectivity index (χ3v) is 5.80. The number of hydrogen-bond acceptors (Lipinski definition) is 6. The molecule has 5 aromatic rings. The van der Waals surface area contributed by atoms with Crippen LogP contribution in [0.2, 0.25) is 0 Å². The van der Waals surface area contributed by atoms with Crippen LogP contribution in [-0.4, -0.2) is 26.2 Å². The van der Waals surface area contributed by atoms with Crippen molar-refractivity contribution in [3.05, 3.63) is 59.8 Å². The zero-order valence-corrected chi connectivity index (χ0v) is 16.1. The highest BCUT2D eigenvalue weighted by atomic mass is 32.1. The molecule has 0 bridgehead atoms. The Bertz CT molecular complexity index is 1430. The van der Waals surface area contributed by atoms with Crippen LogP contribution in [0.4, 0.5) is 11.4 Å². The van der Waals surface area contributed by atoms with Gasteiger partial charge in [0, 0.05) is 40.1 Å². The van der Waals surface area contributed by atoms with Gasteiger partial charge in [-0.1, -0.05) is 0 Å². The molecule has 1 aromatic carbocycles. The number of aryl methyl sites for hydroxylation is 1. The second-order valence-corrected chi connectivity index (χ2v) is 7.64. The Balaban J connectivity index is 1.64. The highest BCUT2D eigenvalue weighted by molar-refractivity contribution is 7.21. The summed E-state index contributed by atoms with van der Waals surface area (Å²) in [5.41, 5.74) is 4.63. The van der Waals surface area contributed by atoms with E-state index in [1.165, 1.54) is 11.3 Å². The number of imidazole rings is 1. The zero-order chi connectivity index (χ0) is 20.0. The van der Waals surface area contributed by atoms with Gasteiger partial charge in [-0.25, -0.2) is 9.97 Å². The molecule has 4 heterocycles. The molecule has 5 rings (SSSR count). The standard InChI is InChI=1S/C21H14N6OS/c1-11-19(27-18(10-28)25-11)17-7-15-20(13(8-22)9-24-21(15)29-17)26-14-2-3-16-12(6-14)4-5-23-16/h2-7,9-10,23H,1H3,(H,24,26)(H,25,27). The van der Waals surface area contributed by atoms with Gasteiger partial charge in [0.1, 0.15) is 16.6 Å². The Labute approximate surface area is 169 Å². The summed E-state index contributed by atoms with van der Waals surface area (Å²) in [4.78, 5) is 27.6. The van der Waals surface area contributed by atoms with Crippen LogP contribution in [0.25, 0.3) is 31.7 Å². The number of H-pyrrole nitrogens is 2. The molecule has 0 saturated carbocycles. The lowest BCUT2D eigenvalue weighted by Gasteiger charge is -2.09. The summed E-state index contributed by atoms with van der Waals surface area (Å²) in [6.45, 7) is 1.87. The minimum atomic E-state index is 0.291. The average Bonchev–Trinajstić information content (AvgIpc) is 3.45. The lowest BCUT2D eigenvalue weighted by Crippen LogP contribution is -1.95. The summed E-state index contributed by atoms with van der Waals surface area (Å²) in [6.07, 6.45) is 4.17. The summed E-state index contributed by atoms with van der Waals surface area (Å²) in [7, 11) is 0. The Morgan fingerprint density at radius 3 is 2.97 bits per heavy atom. The van der Waals surface area contributed by atoms with Crippen molar-refractivity contribution >= 4 is 50.1 Å². The van der Waals surface area contributed by atoms with Crippen LogP contribution in [0.1, 0.15) is 21.9 Å². The number of aromatic nitrogens is 4. The number of nitriles is 1. The van der Waals surface area contributed by atoms with Crippen LogP contribution < -0.4 is 5.32 Å². The first-order valence-electron chi connectivity index (χ1n) is 8.85. The van der Waals surface area contributed by atoms with Gasteiger partial charge in [-0.2, -0.15) is 5.26 Å². The molecule has 0 unspecified atom stereocenters. The lowest BCUT2D eigenvalue weighted by atomic mass is 10.1. The number of pyridine rings is 1. The minimum absolute atomic E-state index is 0.291. The van der Waals surface area contributed by atoms with Crippen LogP contribution in [-0.2, 0) is 0 Å². The molecule has 7 nitrogen and oxygen atoms in total. The second kappa shape index (κ2) is 6.58. The lowest BCUT2D eigenvalue weighted by molar-refractivity contribution is 0.111. The minimum Gasteiger partial charge on any atom is -0.361 e. The predicted octanol–water partition coefficient (Wildman–Crippen LogP) is 4.90. The van der Waals surface area contributed by atoms with Crippen LogP contribution >= 0.6 is 11.3 Å². The summed E-state index contributed by atoms with van der Waals surface area (Å²) in [5, 5.41) is 14.9. The summed E-state index contributed by atoms with van der Waals surface area (Å²) < 4.78 is 0. The Morgan fingerprint density at radius 2 is 2.17 bits per heavy atom. The number of fused-ring (bicyclic) bond motifs is 2. The highest BCUT2D eigenvalue weighted by Crippen LogP contribution is 2.38. The van der Waals surface area contributed by atoms with Gasteiger partial charge in [0.15, 0.2) is 12.1 Å². The molecule has 0 spiro atoms. The normalized spacial score (nSPS) is 11.0. The fraction of sp³-hybridized carbons (Fsp3) is 0.0476. The van der Waals surface area contributed by atoms with Crippen molar-refractivity contribution in [2.24, 2.45) is 0 Å². The van der Waals surface area contributed by atoms with Crippen molar-refractivity contribution in [2.75, 3.05) is 5.32 Å². The summed E-state index contributed by atoms with van der Waals surface area (Å²) >= 11 is 1.47. The van der Waals surface area contributed by atoms with Gasteiger partial charge in [0.05, 0.1) is 16.1 Å². The molecule has 0 amide bonds. The smallest absolute Gasteiger partial charge is 0.185 e. The van der Waals surface area contributed by atoms with E-state index in [1.54, 1.807) is 6.20 Å². The van der Waals surface area contributed by atoms with Crippen LogP contribution in [0.5, 0.6) is 0 Å². The van der Waals surface area contributed by atoms with Crippen molar-refractivity contribution in [1.82, 2.24) is 19.9 Å². The fourth-order valence-corrected chi connectivity index (χ4v) is 4.44. The maximum atomic E-state index is 11.0. The number of anilines is 2. The Hall–Kier alpha value is -3.96. The second-order valence-electron chi connectivity index (χ2n) is 6.61. The summed E-state index contributed by atoms with van der Waals surface area (Å²) in [5.74, 6) is 0.291. The highest BCUT2D eigenvalue weighted by Gasteiger charge is 2.17. The molecule has 0 fully saturated rings. The van der Waals surface area contributed by atoms with E-state index in [9.17, 15) is 10.1 Å². The Morgan fingerprint density at radius 1 is 1.28 bits per heavy atom. The molecule has 0 aliphatic carbocycles. The van der Waals surface area contributed by atoms with Crippen molar-refractivity contribution in [3.63, 3.8) is 0 Å². The predicted molar refractivity (Wildman–Crippen MR) is 114 cm³/mol. The first-order valence-corrected chi connectivity index (χ1v) is 9.67. The third-order valence-electron chi connectivity index (χ3n) is 4.75. The first-order chi connectivity index (χ1) is 14.2. The van der Waals surface area contributed by atoms with Crippen molar-refractivity contribution in [1.29, 1.82) is 5.26 Å². The molecule has 0 radical (unpaired) electrons. The van der Waals surface area contributed by atoms with Gasteiger partial charge < -0.3 is 15.3 Å². The molecule has 29 heavy (non-hydrogen) atoms. The molecule has 4 aromatic heterocycles. The molecular weight excluding hydrogens is 384 g/mol. The third kappa shape index (κ3) is 2.85. The molecule has 0 aliphatic rings. The van der Waals surface area contributed by atoms with E-state index in [4.69, 9.17) is 0 Å². The van der Waals surface area contributed by atoms with Crippen molar-refractivity contribution in [3.8, 4) is 16.6 Å². The molecule has 8 heteroatoms. The first kappa shape index (κ1) is 17.2. The number of carbonyl (C=O) groups excluding carboxylic acids is 1.